The minimum atomic E-state index is 0.204. The number of Topliss-reactive ketones (excluding diaryl/α,β-unsaturated/α-hetero) is 2. The zero-order valence-corrected chi connectivity index (χ0v) is 20.5. The van der Waals surface area contributed by atoms with Gasteiger partial charge in [0.25, 0.3) is 0 Å². The average Bonchev–Trinajstić information content (AvgIpc) is 2.44. The summed E-state index contributed by atoms with van der Waals surface area (Å²) in [5, 5.41) is 0. The van der Waals surface area contributed by atoms with Crippen molar-refractivity contribution in [1.82, 2.24) is 0 Å². The number of hydrogen-bond acceptors (Lipinski definition) is 3. The maximum Gasteiger partial charge on any atom is 0.137 e. The summed E-state index contributed by atoms with van der Waals surface area (Å²) in [7, 11) is 0. The first-order valence-corrected chi connectivity index (χ1v) is 10.8. The molecule has 0 radical (unpaired) electrons. The van der Waals surface area contributed by atoms with E-state index in [-0.39, 0.29) is 11.8 Å². The number of hydrogen-bond donors (Lipinski definition) is 0. The van der Waals surface area contributed by atoms with Gasteiger partial charge in [-0.3, -0.25) is 9.59 Å². The fourth-order valence-corrected chi connectivity index (χ4v) is 2.20. The van der Waals surface area contributed by atoms with E-state index in [0.29, 0.717) is 35.2 Å². The number of rotatable bonds is 10. The summed E-state index contributed by atoms with van der Waals surface area (Å²) in [5.41, 5.74) is 0. The fraction of sp³-hybridized carbons (Fsp3) is 0.917. The Morgan fingerprint density at radius 2 is 0.852 bits per heavy atom. The molecule has 0 aromatic rings. The molecule has 0 saturated heterocycles. The Morgan fingerprint density at radius 3 is 1.00 bits per heavy atom. The van der Waals surface area contributed by atoms with Crippen LogP contribution >= 0.6 is 0 Å². The Balaban J connectivity index is -0.000000322. The van der Waals surface area contributed by atoms with E-state index in [1.807, 2.05) is 27.7 Å². The summed E-state index contributed by atoms with van der Waals surface area (Å²) >= 11 is 0. The molecule has 0 spiro atoms. The summed E-state index contributed by atoms with van der Waals surface area (Å²) in [4.78, 5) is 21.9. The van der Waals surface area contributed by atoms with Crippen LogP contribution in [0, 0.1) is 35.5 Å². The molecule has 0 saturated carbocycles. The lowest BCUT2D eigenvalue weighted by molar-refractivity contribution is -0.124. The molecule has 0 N–H and O–H groups in total. The first-order valence-electron chi connectivity index (χ1n) is 10.8. The van der Waals surface area contributed by atoms with Gasteiger partial charge < -0.3 is 4.74 Å². The molecule has 0 fully saturated rings. The smallest absolute Gasteiger partial charge is 0.137 e. The lowest BCUT2D eigenvalue weighted by Crippen LogP contribution is -2.13. The van der Waals surface area contributed by atoms with E-state index in [4.69, 9.17) is 4.74 Å². The molecule has 0 aromatic carbocycles. The molecule has 164 valence electrons. The van der Waals surface area contributed by atoms with E-state index in [1.54, 1.807) is 0 Å². The molecule has 0 amide bonds. The number of ether oxygens (including phenoxy) is 1. The van der Waals surface area contributed by atoms with Gasteiger partial charge in [-0.1, -0.05) is 83.1 Å². The highest BCUT2D eigenvalue weighted by Crippen LogP contribution is 2.07. The van der Waals surface area contributed by atoms with Gasteiger partial charge in [-0.25, -0.2) is 0 Å². The Morgan fingerprint density at radius 1 is 0.556 bits per heavy atom. The third-order valence-corrected chi connectivity index (χ3v) is 3.31. The largest absolute Gasteiger partial charge is 0.381 e. The highest BCUT2D eigenvalue weighted by molar-refractivity contribution is 5.82. The van der Waals surface area contributed by atoms with Gasteiger partial charge in [-0.15, -0.1) is 0 Å². The van der Waals surface area contributed by atoms with Crippen molar-refractivity contribution in [3.8, 4) is 0 Å². The Hall–Kier alpha value is -0.700. The first kappa shape index (κ1) is 31.0. The van der Waals surface area contributed by atoms with Crippen LogP contribution in [0.25, 0.3) is 0 Å². The second kappa shape index (κ2) is 18.7. The quantitative estimate of drug-likeness (QED) is 0.413. The molecular formula is C24H50O3. The lowest BCUT2D eigenvalue weighted by Gasteiger charge is -2.07. The highest BCUT2D eigenvalue weighted by Gasteiger charge is 2.10. The van der Waals surface area contributed by atoms with Crippen LogP contribution in [0.3, 0.4) is 0 Å². The third-order valence-electron chi connectivity index (χ3n) is 3.31. The van der Waals surface area contributed by atoms with E-state index in [2.05, 4.69) is 55.4 Å². The molecule has 0 heterocycles. The van der Waals surface area contributed by atoms with Crippen molar-refractivity contribution < 1.29 is 14.3 Å². The standard InChI is InChI=1S/C9H18O.C8H18O.C7H14O/c1-7(2)5-9(10)6-8(3)4;1-7(2)5-9-6-8(3)4;1-5(2)7(8)6(3)4/h7-8H,5-6H2,1-4H3;7-8H,5-6H2,1-4H3;5-6H,1-4H3. The second-order valence-electron chi connectivity index (χ2n) is 9.77. The Labute approximate surface area is 171 Å². The van der Waals surface area contributed by atoms with Crippen LogP contribution in [0.15, 0.2) is 0 Å². The van der Waals surface area contributed by atoms with Crippen LogP contribution in [0.4, 0.5) is 0 Å². The highest BCUT2D eigenvalue weighted by atomic mass is 16.5. The normalized spacial score (nSPS) is 11.0. The van der Waals surface area contributed by atoms with Crippen LogP contribution < -0.4 is 0 Å². The third kappa shape index (κ3) is 30.3. The van der Waals surface area contributed by atoms with Crippen LogP contribution in [0.2, 0.25) is 0 Å². The number of carbonyl (C=O) groups is 2. The molecule has 0 rings (SSSR count). The van der Waals surface area contributed by atoms with E-state index >= 15 is 0 Å². The monoisotopic (exact) mass is 386 g/mol. The van der Waals surface area contributed by atoms with E-state index in [9.17, 15) is 9.59 Å². The summed E-state index contributed by atoms with van der Waals surface area (Å²) in [5.74, 6) is 3.55. The molecule has 27 heavy (non-hydrogen) atoms. The molecule has 0 aliphatic heterocycles. The minimum absolute atomic E-state index is 0.204. The molecule has 3 heteroatoms. The van der Waals surface area contributed by atoms with Gasteiger partial charge in [-0.2, -0.15) is 0 Å². The van der Waals surface area contributed by atoms with E-state index in [1.165, 1.54) is 0 Å². The lowest BCUT2D eigenvalue weighted by atomic mass is 9.99. The van der Waals surface area contributed by atoms with Crippen molar-refractivity contribution in [2.45, 2.75) is 95.9 Å². The van der Waals surface area contributed by atoms with Crippen LogP contribution in [0.1, 0.15) is 95.9 Å². The van der Waals surface area contributed by atoms with Crippen LogP contribution in [-0.2, 0) is 14.3 Å². The van der Waals surface area contributed by atoms with Crippen molar-refractivity contribution in [2.75, 3.05) is 13.2 Å². The number of ketones is 2. The molecule has 0 unspecified atom stereocenters. The van der Waals surface area contributed by atoms with Crippen molar-refractivity contribution in [1.29, 1.82) is 0 Å². The van der Waals surface area contributed by atoms with Gasteiger partial charge in [0.1, 0.15) is 11.6 Å². The van der Waals surface area contributed by atoms with Gasteiger partial charge in [0.05, 0.1) is 0 Å². The van der Waals surface area contributed by atoms with Crippen molar-refractivity contribution >= 4 is 11.6 Å². The summed E-state index contributed by atoms with van der Waals surface area (Å²) in [6.45, 7) is 26.5. The molecule has 0 aromatic heterocycles. The average molecular weight is 387 g/mol. The van der Waals surface area contributed by atoms with E-state index in [0.717, 1.165) is 26.1 Å². The van der Waals surface area contributed by atoms with Gasteiger partial charge in [-0.05, 0) is 23.7 Å². The molecule has 0 aliphatic rings. The maximum atomic E-state index is 11.1. The summed E-state index contributed by atoms with van der Waals surface area (Å²) in [6, 6.07) is 0. The minimum Gasteiger partial charge on any atom is -0.381 e. The van der Waals surface area contributed by atoms with Gasteiger partial charge in [0, 0.05) is 37.9 Å². The zero-order chi connectivity index (χ0) is 22.2. The van der Waals surface area contributed by atoms with Crippen molar-refractivity contribution in [2.24, 2.45) is 35.5 Å². The fourth-order valence-electron chi connectivity index (χ4n) is 2.20. The van der Waals surface area contributed by atoms with Crippen molar-refractivity contribution in [3.63, 3.8) is 0 Å². The Bertz CT molecular complexity index is 323. The molecule has 0 atom stereocenters. The summed E-state index contributed by atoms with van der Waals surface area (Å²) in [6.07, 6.45) is 1.50. The van der Waals surface area contributed by atoms with Gasteiger partial charge >= 0.3 is 0 Å². The molecular weight excluding hydrogens is 336 g/mol. The van der Waals surface area contributed by atoms with Gasteiger partial charge in [0.2, 0.25) is 0 Å². The van der Waals surface area contributed by atoms with Crippen LogP contribution in [-0.4, -0.2) is 24.8 Å². The summed E-state index contributed by atoms with van der Waals surface area (Å²) < 4.78 is 5.36. The zero-order valence-electron chi connectivity index (χ0n) is 20.5. The maximum absolute atomic E-state index is 11.1. The molecule has 0 bridgehead atoms. The van der Waals surface area contributed by atoms with Crippen LogP contribution in [0.5, 0.6) is 0 Å². The predicted molar refractivity (Wildman–Crippen MR) is 119 cm³/mol. The first-order chi connectivity index (χ1) is 12.2. The SMILES string of the molecule is CC(C)C(=O)C(C)C.CC(C)CC(=O)CC(C)C.CC(C)COCC(C)C. The van der Waals surface area contributed by atoms with Crippen molar-refractivity contribution in [3.05, 3.63) is 0 Å². The molecule has 3 nitrogen and oxygen atoms in total. The topological polar surface area (TPSA) is 43.4 Å². The molecule has 0 aliphatic carbocycles. The number of carbonyl (C=O) groups excluding carboxylic acids is 2. The van der Waals surface area contributed by atoms with E-state index < -0.39 is 0 Å². The van der Waals surface area contributed by atoms with Gasteiger partial charge in [0.15, 0.2) is 0 Å². The second-order valence-corrected chi connectivity index (χ2v) is 9.77. The Kier molecular flexibility index (Phi) is 21.4. The predicted octanol–water partition coefficient (Wildman–Crippen LogP) is 6.83.